The summed E-state index contributed by atoms with van der Waals surface area (Å²) in [4.78, 5) is 1.43. The van der Waals surface area contributed by atoms with Gasteiger partial charge >= 0.3 is 0 Å². The molecule has 0 spiro atoms. The van der Waals surface area contributed by atoms with Crippen molar-refractivity contribution in [2.45, 2.75) is 70.8 Å². The van der Waals surface area contributed by atoms with Crippen LogP contribution in [0.15, 0.2) is 12.1 Å². The molecular formula is C17H28ClNS. The third-order valence-corrected chi connectivity index (χ3v) is 5.61. The number of rotatable bonds is 7. The lowest BCUT2D eigenvalue weighted by Crippen LogP contribution is -2.33. The van der Waals surface area contributed by atoms with Crippen LogP contribution in [0.2, 0.25) is 4.34 Å². The summed E-state index contributed by atoms with van der Waals surface area (Å²) in [5.41, 5.74) is 0. The maximum atomic E-state index is 6.06. The second kappa shape index (κ2) is 9.07. The molecule has 114 valence electrons. The molecule has 0 radical (unpaired) electrons. The van der Waals surface area contributed by atoms with E-state index in [4.69, 9.17) is 11.6 Å². The highest BCUT2D eigenvalue weighted by molar-refractivity contribution is 7.16. The van der Waals surface area contributed by atoms with Gasteiger partial charge in [-0.2, -0.15) is 0 Å². The SMILES string of the molecule is CCCNC(Cc1ccc(Cl)s1)CC1CCCCCC1. The molecule has 0 saturated heterocycles. The number of hydrogen-bond acceptors (Lipinski definition) is 2. The predicted molar refractivity (Wildman–Crippen MR) is 90.9 cm³/mol. The van der Waals surface area contributed by atoms with Gasteiger partial charge in [-0.15, -0.1) is 11.3 Å². The molecule has 1 saturated carbocycles. The molecule has 1 heterocycles. The van der Waals surface area contributed by atoms with Gasteiger partial charge in [-0.1, -0.05) is 57.0 Å². The lowest BCUT2D eigenvalue weighted by atomic mass is 9.91. The van der Waals surface area contributed by atoms with Gasteiger partial charge in [0.2, 0.25) is 0 Å². The van der Waals surface area contributed by atoms with Crippen molar-refractivity contribution < 1.29 is 0 Å². The van der Waals surface area contributed by atoms with E-state index in [1.165, 1.54) is 56.2 Å². The van der Waals surface area contributed by atoms with Crippen LogP contribution in [0.3, 0.4) is 0 Å². The molecule has 0 aliphatic heterocycles. The van der Waals surface area contributed by atoms with E-state index >= 15 is 0 Å². The molecule has 1 unspecified atom stereocenters. The van der Waals surface area contributed by atoms with Gasteiger partial charge in [0.15, 0.2) is 0 Å². The first kappa shape index (κ1) is 16.3. The molecule has 1 N–H and O–H groups in total. The van der Waals surface area contributed by atoms with Crippen LogP contribution in [0, 0.1) is 5.92 Å². The van der Waals surface area contributed by atoms with E-state index in [1.807, 2.05) is 6.07 Å². The van der Waals surface area contributed by atoms with E-state index in [0.29, 0.717) is 6.04 Å². The predicted octanol–water partition coefficient (Wildman–Crippen LogP) is 5.67. The Hall–Kier alpha value is -0.0500. The first-order valence-corrected chi connectivity index (χ1v) is 9.45. The molecule has 20 heavy (non-hydrogen) atoms. The molecule has 0 aromatic carbocycles. The third kappa shape index (κ3) is 5.75. The Kier molecular flexibility index (Phi) is 7.40. The number of thiophene rings is 1. The lowest BCUT2D eigenvalue weighted by molar-refractivity contribution is 0.350. The van der Waals surface area contributed by atoms with E-state index < -0.39 is 0 Å². The van der Waals surface area contributed by atoms with Gasteiger partial charge in [0.1, 0.15) is 0 Å². The average molecular weight is 314 g/mol. The summed E-state index contributed by atoms with van der Waals surface area (Å²) in [5.74, 6) is 0.933. The maximum Gasteiger partial charge on any atom is 0.0931 e. The van der Waals surface area contributed by atoms with Crippen LogP contribution >= 0.6 is 22.9 Å². The minimum absolute atomic E-state index is 0.632. The Morgan fingerprint density at radius 2 is 2.00 bits per heavy atom. The highest BCUT2D eigenvalue weighted by Crippen LogP contribution is 2.29. The third-order valence-electron chi connectivity index (χ3n) is 4.35. The second-order valence-electron chi connectivity index (χ2n) is 6.15. The molecule has 1 atom stereocenters. The molecule has 1 aromatic heterocycles. The Bertz CT molecular complexity index is 369. The summed E-state index contributed by atoms with van der Waals surface area (Å²) in [5, 5.41) is 3.76. The van der Waals surface area contributed by atoms with Gasteiger partial charge in [0, 0.05) is 10.9 Å². The van der Waals surface area contributed by atoms with Crippen LogP contribution in [0.25, 0.3) is 0 Å². The maximum absolute atomic E-state index is 6.06. The van der Waals surface area contributed by atoms with Crippen molar-refractivity contribution in [2.24, 2.45) is 5.92 Å². The van der Waals surface area contributed by atoms with E-state index in [-0.39, 0.29) is 0 Å². The largest absolute Gasteiger partial charge is 0.314 e. The van der Waals surface area contributed by atoms with Crippen molar-refractivity contribution in [1.82, 2.24) is 5.32 Å². The van der Waals surface area contributed by atoms with E-state index in [0.717, 1.165) is 23.2 Å². The summed E-state index contributed by atoms with van der Waals surface area (Å²) in [6.45, 7) is 3.38. The van der Waals surface area contributed by atoms with Crippen LogP contribution in [0.5, 0.6) is 0 Å². The average Bonchev–Trinajstić information content (AvgIpc) is 2.69. The van der Waals surface area contributed by atoms with Crippen molar-refractivity contribution in [3.8, 4) is 0 Å². The fraction of sp³-hybridized carbons (Fsp3) is 0.765. The summed E-state index contributed by atoms with van der Waals surface area (Å²) in [7, 11) is 0. The first-order valence-electron chi connectivity index (χ1n) is 8.25. The Morgan fingerprint density at radius 1 is 1.25 bits per heavy atom. The molecular weight excluding hydrogens is 286 g/mol. The highest BCUT2D eigenvalue weighted by Gasteiger charge is 2.18. The van der Waals surface area contributed by atoms with E-state index in [9.17, 15) is 0 Å². The molecule has 3 heteroatoms. The lowest BCUT2D eigenvalue weighted by Gasteiger charge is -2.23. The zero-order valence-corrected chi connectivity index (χ0v) is 14.2. The van der Waals surface area contributed by atoms with Crippen molar-refractivity contribution >= 4 is 22.9 Å². The standard InChI is InChI=1S/C17H28ClNS/c1-2-11-19-15(13-16-9-10-17(18)20-16)12-14-7-5-3-4-6-8-14/h9-10,14-15,19H,2-8,11-13H2,1H3. The molecule has 1 aromatic rings. The van der Waals surface area contributed by atoms with Crippen LogP contribution in [-0.2, 0) is 6.42 Å². The zero-order valence-electron chi connectivity index (χ0n) is 12.7. The van der Waals surface area contributed by atoms with Gasteiger partial charge in [0.25, 0.3) is 0 Å². The summed E-state index contributed by atoms with van der Waals surface area (Å²) < 4.78 is 0.920. The van der Waals surface area contributed by atoms with E-state index in [2.05, 4.69) is 18.3 Å². The molecule has 1 aliphatic rings. The van der Waals surface area contributed by atoms with Gasteiger partial charge < -0.3 is 5.32 Å². The molecule has 1 nitrogen and oxygen atoms in total. The Balaban J connectivity index is 1.88. The van der Waals surface area contributed by atoms with E-state index in [1.54, 1.807) is 11.3 Å². The van der Waals surface area contributed by atoms with Crippen molar-refractivity contribution in [3.63, 3.8) is 0 Å². The van der Waals surface area contributed by atoms with Crippen molar-refractivity contribution in [3.05, 3.63) is 21.3 Å². The highest BCUT2D eigenvalue weighted by atomic mass is 35.5. The fourth-order valence-corrected chi connectivity index (χ4v) is 4.46. The number of nitrogens with one attached hydrogen (secondary N) is 1. The van der Waals surface area contributed by atoms with Crippen LogP contribution in [0.4, 0.5) is 0 Å². The normalized spacial score (nSPS) is 18.9. The summed E-state index contributed by atoms with van der Waals surface area (Å²) in [6.07, 6.45) is 12.4. The van der Waals surface area contributed by atoms with Crippen LogP contribution in [-0.4, -0.2) is 12.6 Å². The number of hydrogen-bond donors (Lipinski definition) is 1. The first-order chi connectivity index (χ1) is 9.78. The zero-order chi connectivity index (χ0) is 14.2. The van der Waals surface area contributed by atoms with Crippen molar-refractivity contribution in [2.75, 3.05) is 6.54 Å². The van der Waals surface area contributed by atoms with Crippen LogP contribution < -0.4 is 5.32 Å². The van der Waals surface area contributed by atoms with Crippen LogP contribution in [0.1, 0.15) is 63.2 Å². The minimum atomic E-state index is 0.632. The summed E-state index contributed by atoms with van der Waals surface area (Å²) in [6, 6.07) is 4.86. The van der Waals surface area contributed by atoms with Gasteiger partial charge in [-0.3, -0.25) is 0 Å². The molecule has 2 rings (SSSR count). The Morgan fingerprint density at radius 3 is 2.60 bits per heavy atom. The molecule has 1 fully saturated rings. The summed E-state index contributed by atoms with van der Waals surface area (Å²) >= 11 is 7.80. The van der Waals surface area contributed by atoms with Gasteiger partial charge in [0.05, 0.1) is 4.34 Å². The quantitative estimate of drug-likeness (QED) is 0.639. The fourth-order valence-electron chi connectivity index (χ4n) is 3.29. The Labute approximate surface area is 133 Å². The second-order valence-corrected chi connectivity index (χ2v) is 7.95. The smallest absolute Gasteiger partial charge is 0.0931 e. The minimum Gasteiger partial charge on any atom is -0.314 e. The van der Waals surface area contributed by atoms with Gasteiger partial charge in [-0.05, 0) is 43.9 Å². The molecule has 0 bridgehead atoms. The topological polar surface area (TPSA) is 12.0 Å². The molecule has 1 aliphatic carbocycles. The van der Waals surface area contributed by atoms with Crippen molar-refractivity contribution in [1.29, 1.82) is 0 Å². The number of halogens is 1. The monoisotopic (exact) mass is 313 g/mol. The van der Waals surface area contributed by atoms with Gasteiger partial charge in [-0.25, -0.2) is 0 Å². The molecule has 0 amide bonds.